The fourth-order valence-corrected chi connectivity index (χ4v) is 4.56. The Hall–Kier alpha value is -3.91. The number of amidine groups is 1. The van der Waals surface area contributed by atoms with Crippen LogP contribution in [0.5, 0.6) is 5.75 Å². The van der Waals surface area contributed by atoms with Gasteiger partial charge in [0.25, 0.3) is 5.91 Å². The van der Waals surface area contributed by atoms with Gasteiger partial charge in [0.2, 0.25) is 0 Å². The summed E-state index contributed by atoms with van der Waals surface area (Å²) in [7, 11) is 1.38. The molecule has 0 bridgehead atoms. The maximum absolute atomic E-state index is 13.5. The van der Waals surface area contributed by atoms with Crippen LogP contribution in [0.4, 0.5) is 11.4 Å². The second kappa shape index (κ2) is 9.70. The first-order valence-electron chi connectivity index (χ1n) is 10.2. The smallest absolute Gasteiger partial charge is 0.311 e. The molecule has 0 unspecified atom stereocenters. The van der Waals surface area contributed by atoms with Gasteiger partial charge in [0.15, 0.2) is 10.9 Å². The molecule has 7 nitrogen and oxygen atoms in total. The van der Waals surface area contributed by atoms with Gasteiger partial charge >= 0.3 is 5.69 Å². The molecule has 1 aliphatic rings. The Bertz CT molecular complexity index is 1240. The summed E-state index contributed by atoms with van der Waals surface area (Å²) >= 11 is 1.25. The zero-order valence-corrected chi connectivity index (χ0v) is 18.9. The predicted molar refractivity (Wildman–Crippen MR) is 130 cm³/mol. The second-order valence-corrected chi connectivity index (χ2v) is 8.30. The zero-order valence-electron chi connectivity index (χ0n) is 18.0. The van der Waals surface area contributed by atoms with E-state index in [0.29, 0.717) is 15.6 Å². The Morgan fingerprint density at radius 2 is 1.73 bits per heavy atom. The molecule has 1 saturated heterocycles. The summed E-state index contributed by atoms with van der Waals surface area (Å²) in [5.74, 6) is -0.0392. The fraction of sp³-hybridized carbons (Fsp3) is 0.120. The van der Waals surface area contributed by atoms with Crippen molar-refractivity contribution in [2.75, 3.05) is 7.11 Å². The van der Waals surface area contributed by atoms with Crippen molar-refractivity contribution in [3.8, 4) is 5.75 Å². The fourth-order valence-electron chi connectivity index (χ4n) is 3.49. The lowest BCUT2D eigenvalue weighted by Gasteiger charge is -2.24. The number of ether oxygens (including phenoxy) is 1. The molecule has 1 fully saturated rings. The Balaban J connectivity index is 1.75. The highest BCUT2D eigenvalue weighted by Gasteiger charge is 2.37. The Labute approximate surface area is 195 Å². The van der Waals surface area contributed by atoms with E-state index in [1.165, 1.54) is 31.0 Å². The highest BCUT2D eigenvalue weighted by molar-refractivity contribution is 8.18. The van der Waals surface area contributed by atoms with Gasteiger partial charge < -0.3 is 4.74 Å². The average Bonchev–Trinajstić information content (AvgIpc) is 3.13. The monoisotopic (exact) mass is 459 g/mol. The highest BCUT2D eigenvalue weighted by Crippen LogP contribution is 2.39. The van der Waals surface area contributed by atoms with E-state index in [2.05, 4.69) is 0 Å². The van der Waals surface area contributed by atoms with Gasteiger partial charge in [-0.3, -0.25) is 19.8 Å². The first kappa shape index (κ1) is 22.3. The van der Waals surface area contributed by atoms with E-state index in [9.17, 15) is 14.9 Å². The van der Waals surface area contributed by atoms with E-state index >= 15 is 0 Å². The van der Waals surface area contributed by atoms with Gasteiger partial charge in [0.1, 0.15) is 0 Å². The molecular weight excluding hydrogens is 438 g/mol. The van der Waals surface area contributed by atoms with Crippen molar-refractivity contribution in [1.29, 1.82) is 0 Å². The van der Waals surface area contributed by atoms with Gasteiger partial charge in [-0.15, -0.1) is 0 Å². The minimum atomic E-state index is -0.503. The van der Waals surface area contributed by atoms with Crippen LogP contribution in [0.2, 0.25) is 0 Å². The lowest BCUT2D eigenvalue weighted by Crippen LogP contribution is -2.32. The molecule has 166 valence electrons. The number of amides is 1. The standard InChI is InChI=1S/C25H21N3O4S/c1-17(19-9-5-3-6-10-19)27-24(29)23(33-25(27)26-20-11-7-4-8-12-20)16-18-13-14-22(32-2)21(15-18)28(30)31/h3-17H,1-2H3/b23-16+,26-25?/t17-/m0/s1. The number of hydrogen-bond acceptors (Lipinski definition) is 6. The van der Waals surface area contributed by atoms with Gasteiger partial charge in [-0.05, 0) is 54.1 Å². The van der Waals surface area contributed by atoms with Gasteiger partial charge in [0.05, 0.1) is 28.7 Å². The molecule has 0 saturated carbocycles. The minimum absolute atomic E-state index is 0.157. The van der Waals surface area contributed by atoms with Crippen LogP contribution in [-0.2, 0) is 4.79 Å². The quantitative estimate of drug-likeness (QED) is 0.258. The van der Waals surface area contributed by atoms with Crippen molar-refractivity contribution in [3.05, 3.63) is 105 Å². The first-order valence-corrected chi connectivity index (χ1v) is 11.0. The van der Waals surface area contributed by atoms with Crippen LogP contribution in [0.25, 0.3) is 6.08 Å². The molecule has 1 amide bonds. The van der Waals surface area contributed by atoms with E-state index in [4.69, 9.17) is 9.73 Å². The van der Waals surface area contributed by atoms with Crippen molar-refractivity contribution in [2.24, 2.45) is 4.99 Å². The molecule has 3 aromatic carbocycles. The summed E-state index contributed by atoms with van der Waals surface area (Å²) in [6.45, 7) is 1.95. The summed E-state index contributed by atoms with van der Waals surface area (Å²) in [5.41, 5.74) is 2.09. The number of nitro groups is 1. The molecule has 33 heavy (non-hydrogen) atoms. The highest BCUT2D eigenvalue weighted by atomic mass is 32.2. The summed E-state index contributed by atoms with van der Waals surface area (Å²) in [6, 6.07) is 23.5. The normalized spacial score (nSPS) is 16.9. The van der Waals surface area contributed by atoms with E-state index in [-0.39, 0.29) is 23.4 Å². The number of para-hydroxylation sites is 1. The van der Waals surface area contributed by atoms with Crippen LogP contribution >= 0.6 is 11.8 Å². The maximum Gasteiger partial charge on any atom is 0.311 e. The van der Waals surface area contributed by atoms with Crippen LogP contribution in [0.3, 0.4) is 0 Å². The third-order valence-corrected chi connectivity index (χ3v) is 6.17. The van der Waals surface area contributed by atoms with Crippen molar-refractivity contribution in [3.63, 3.8) is 0 Å². The molecule has 4 rings (SSSR count). The SMILES string of the molecule is COc1ccc(/C=C2/SC(=Nc3ccccc3)N([C@@H](C)c3ccccc3)C2=O)cc1[N+](=O)[O-]. The van der Waals surface area contributed by atoms with Crippen molar-refractivity contribution in [1.82, 2.24) is 4.90 Å². The molecule has 1 aliphatic heterocycles. The molecule has 0 aromatic heterocycles. The summed E-state index contributed by atoms with van der Waals surface area (Å²) in [5, 5.41) is 11.9. The summed E-state index contributed by atoms with van der Waals surface area (Å²) in [4.78, 5) is 31.2. The molecule has 1 heterocycles. The van der Waals surface area contributed by atoms with Crippen molar-refractivity contribution < 1.29 is 14.5 Å². The predicted octanol–water partition coefficient (Wildman–Crippen LogP) is 5.97. The lowest BCUT2D eigenvalue weighted by atomic mass is 10.1. The third kappa shape index (κ3) is 4.80. The minimum Gasteiger partial charge on any atom is -0.490 e. The van der Waals surface area contributed by atoms with Crippen LogP contribution < -0.4 is 4.74 Å². The van der Waals surface area contributed by atoms with E-state index < -0.39 is 4.92 Å². The number of carbonyl (C=O) groups is 1. The molecule has 0 N–H and O–H groups in total. The van der Waals surface area contributed by atoms with E-state index in [1.54, 1.807) is 17.0 Å². The summed E-state index contributed by atoms with van der Waals surface area (Å²) < 4.78 is 5.07. The van der Waals surface area contributed by atoms with Gasteiger partial charge in [0, 0.05) is 6.07 Å². The average molecular weight is 460 g/mol. The number of aliphatic imine (C=N–C) groups is 1. The molecule has 1 atom stereocenters. The van der Waals surface area contributed by atoms with Crippen LogP contribution in [0.1, 0.15) is 24.1 Å². The molecule has 8 heteroatoms. The number of rotatable bonds is 6. The number of thioether (sulfide) groups is 1. The van der Waals surface area contributed by atoms with E-state index in [1.807, 2.05) is 67.6 Å². The Kier molecular flexibility index (Phi) is 6.55. The van der Waals surface area contributed by atoms with Gasteiger partial charge in [-0.2, -0.15) is 0 Å². The number of nitro benzene ring substituents is 1. The Morgan fingerprint density at radius 1 is 1.06 bits per heavy atom. The number of benzene rings is 3. The second-order valence-electron chi connectivity index (χ2n) is 7.29. The molecule has 0 spiro atoms. The zero-order chi connectivity index (χ0) is 23.4. The largest absolute Gasteiger partial charge is 0.490 e. The lowest BCUT2D eigenvalue weighted by molar-refractivity contribution is -0.385. The van der Waals surface area contributed by atoms with Crippen molar-refractivity contribution in [2.45, 2.75) is 13.0 Å². The van der Waals surface area contributed by atoms with Gasteiger partial charge in [-0.1, -0.05) is 54.6 Å². The molecule has 0 aliphatic carbocycles. The number of hydrogen-bond donors (Lipinski definition) is 0. The Morgan fingerprint density at radius 3 is 2.36 bits per heavy atom. The van der Waals surface area contributed by atoms with Gasteiger partial charge in [-0.25, -0.2) is 4.99 Å². The molecular formula is C25H21N3O4S. The third-order valence-electron chi connectivity index (χ3n) is 5.18. The van der Waals surface area contributed by atoms with Crippen molar-refractivity contribution >= 4 is 40.3 Å². The topological polar surface area (TPSA) is 85.0 Å². The molecule has 3 aromatic rings. The number of nitrogens with zero attached hydrogens (tertiary/aromatic N) is 3. The van der Waals surface area contributed by atoms with Crippen LogP contribution in [0, 0.1) is 10.1 Å². The number of methoxy groups -OCH3 is 1. The first-order chi connectivity index (χ1) is 16.0. The summed E-state index contributed by atoms with van der Waals surface area (Å²) in [6.07, 6.45) is 1.65. The van der Waals surface area contributed by atoms with E-state index in [0.717, 1.165) is 11.3 Å². The van der Waals surface area contributed by atoms with Crippen LogP contribution in [-0.4, -0.2) is 28.0 Å². The maximum atomic E-state index is 13.5. The molecule has 0 radical (unpaired) electrons. The van der Waals surface area contributed by atoms with Crippen LogP contribution in [0.15, 0.2) is 88.8 Å². The number of carbonyl (C=O) groups excluding carboxylic acids is 1.